The van der Waals surface area contributed by atoms with Crippen LogP contribution in [-0.4, -0.2) is 25.7 Å². The normalized spacial score (nSPS) is 33.8. The highest BCUT2D eigenvalue weighted by molar-refractivity contribution is 5.77. The minimum atomic E-state index is -0.0148. The predicted molar refractivity (Wildman–Crippen MR) is 96.7 cm³/mol. The maximum Gasteiger partial charge on any atom is 0.258 e. The van der Waals surface area contributed by atoms with E-state index < -0.39 is 0 Å². The van der Waals surface area contributed by atoms with Crippen LogP contribution < -0.4 is 14.8 Å². The minimum absolute atomic E-state index is 0.0148. The lowest BCUT2D eigenvalue weighted by molar-refractivity contribution is -0.127. The zero-order valence-corrected chi connectivity index (χ0v) is 15.3. The van der Waals surface area contributed by atoms with Crippen LogP contribution in [0.3, 0.4) is 0 Å². The summed E-state index contributed by atoms with van der Waals surface area (Å²) in [7, 11) is 1.63. The Morgan fingerprint density at radius 1 is 1.08 bits per heavy atom. The Bertz CT molecular complexity index is 589. The third-order valence-electron chi connectivity index (χ3n) is 6.81. The van der Waals surface area contributed by atoms with Crippen LogP contribution in [0, 0.1) is 23.2 Å². The summed E-state index contributed by atoms with van der Waals surface area (Å²) in [5, 5.41) is 3.24. The van der Waals surface area contributed by atoms with E-state index in [2.05, 4.69) is 12.2 Å². The molecule has 0 saturated heterocycles. The molecule has 4 fully saturated rings. The van der Waals surface area contributed by atoms with Gasteiger partial charge in [0.1, 0.15) is 11.5 Å². The molecule has 1 N–H and O–H groups in total. The molecule has 136 valence electrons. The van der Waals surface area contributed by atoms with Gasteiger partial charge in [-0.25, -0.2) is 0 Å². The molecule has 0 heterocycles. The van der Waals surface area contributed by atoms with Gasteiger partial charge < -0.3 is 14.8 Å². The molecule has 0 radical (unpaired) electrons. The van der Waals surface area contributed by atoms with Crippen molar-refractivity contribution in [3.05, 3.63) is 24.3 Å². The molecule has 25 heavy (non-hydrogen) atoms. The topological polar surface area (TPSA) is 47.6 Å². The van der Waals surface area contributed by atoms with E-state index >= 15 is 0 Å². The number of methoxy groups -OCH3 is 1. The molecule has 4 aliphatic carbocycles. The first-order valence-corrected chi connectivity index (χ1v) is 9.62. The SMILES string of the molecule is COc1ccc(OCC(=O)N[C@H](C)C23CC4CC(CC(C4)C2)C3)cc1. The van der Waals surface area contributed by atoms with Crippen LogP contribution in [0.5, 0.6) is 11.5 Å². The Kier molecular flexibility index (Phi) is 4.38. The van der Waals surface area contributed by atoms with Crippen molar-refractivity contribution >= 4 is 5.91 Å². The van der Waals surface area contributed by atoms with Crippen molar-refractivity contribution in [1.82, 2.24) is 5.32 Å². The summed E-state index contributed by atoms with van der Waals surface area (Å²) in [6.07, 6.45) is 8.21. The van der Waals surface area contributed by atoms with E-state index in [4.69, 9.17) is 9.47 Å². The van der Waals surface area contributed by atoms with Gasteiger partial charge in [0, 0.05) is 6.04 Å². The largest absolute Gasteiger partial charge is 0.497 e. The van der Waals surface area contributed by atoms with Gasteiger partial charge in [-0.15, -0.1) is 0 Å². The molecule has 0 aliphatic heterocycles. The highest BCUT2D eigenvalue weighted by Gasteiger charge is 2.53. The van der Waals surface area contributed by atoms with Crippen molar-refractivity contribution in [2.75, 3.05) is 13.7 Å². The first-order valence-electron chi connectivity index (χ1n) is 9.62. The average molecular weight is 343 g/mol. The quantitative estimate of drug-likeness (QED) is 0.855. The summed E-state index contributed by atoms with van der Waals surface area (Å²) >= 11 is 0. The molecule has 4 nitrogen and oxygen atoms in total. The van der Waals surface area contributed by atoms with Gasteiger partial charge >= 0.3 is 0 Å². The molecular weight excluding hydrogens is 314 g/mol. The fourth-order valence-electron chi connectivity index (χ4n) is 5.97. The number of carbonyl (C=O) groups excluding carboxylic acids is 1. The van der Waals surface area contributed by atoms with Crippen molar-refractivity contribution in [3.8, 4) is 11.5 Å². The number of benzene rings is 1. The lowest BCUT2D eigenvalue weighted by atomic mass is 9.48. The van der Waals surface area contributed by atoms with Gasteiger partial charge in [-0.2, -0.15) is 0 Å². The fourth-order valence-corrected chi connectivity index (χ4v) is 5.97. The molecule has 1 amide bonds. The Morgan fingerprint density at radius 3 is 2.12 bits per heavy atom. The molecule has 4 bridgehead atoms. The third-order valence-corrected chi connectivity index (χ3v) is 6.81. The van der Waals surface area contributed by atoms with Gasteiger partial charge in [0.25, 0.3) is 5.91 Å². The molecule has 5 rings (SSSR count). The lowest BCUT2D eigenvalue weighted by Gasteiger charge is -2.59. The number of nitrogens with one attached hydrogen (secondary N) is 1. The highest BCUT2D eigenvalue weighted by Crippen LogP contribution is 2.61. The van der Waals surface area contributed by atoms with Crippen LogP contribution in [0.1, 0.15) is 45.4 Å². The fraction of sp³-hybridized carbons (Fsp3) is 0.667. The summed E-state index contributed by atoms with van der Waals surface area (Å²) in [5.41, 5.74) is 0.338. The monoisotopic (exact) mass is 343 g/mol. The van der Waals surface area contributed by atoms with E-state index in [-0.39, 0.29) is 18.6 Å². The van der Waals surface area contributed by atoms with Crippen LogP contribution in [0.4, 0.5) is 0 Å². The minimum Gasteiger partial charge on any atom is -0.497 e. The van der Waals surface area contributed by atoms with E-state index in [0.29, 0.717) is 11.2 Å². The molecule has 0 aromatic heterocycles. The van der Waals surface area contributed by atoms with E-state index in [0.717, 1.165) is 23.5 Å². The summed E-state index contributed by atoms with van der Waals surface area (Å²) < 4.78 is 10.7. The Hall–Kier alpha value is -1.71. The standard InChI is InChI=1S/C21H29NO3/c1-14(21-10-15-7-16(11-21)9-17(8-15)12-21)22-20(23)13-25-19-5-3-18(24-2)4-6-19/h3-6,14-17H,7-13H2,1-2H3,(H,22,23)/t14-,15?,16?,17?,21?/m1/s1. The zero-order valence-electron chi connectivity index (χ0n) is 15.3. The van der Waals surface area contributed by atoms with E-state index in [1.165, 1.54) is 38.5 Å². The number of ether oxygens (including phenoxy) is 2. The van der Waals surface area contributed by atoms with Gasteiger partial charge in [-0.3, -0.25) is 4.79 Å². The van der Waals surface area contributed by atoms with Crippen molar-refractivity contribution < 1.29 is 14.3 Å². The molecule has 1 atom stereocenters. The Morgan fingerprint density at radius 2 is 1.60 bits per heavy atom. The lowest BCUT2D eigenvalue weighted by Crippen LogP contribution is -2.56. The van der Waals surface area contributed by atoms with Gasteiger partial charge in [0.15, 0.2) is 6.61 Å². The highest BCUT2D eigenvalue weighted by atomic mass is 16.5. The van der Waals surface area contributed by atoms with Crippen LogP contribution in [0.25, 0.3) is 0 Å². The molecule has 0 unspecified atom stereocenters. The van der Waals surface area contributed by atoms with Crippen molar-refractivity contribution in [2.45, 2.75) is 51.5 Å². The molecular formula is C21H29NO3. The second-order valence-corrected chi connectivity index (χ2v) is 8.53. The number of amides is 1. The number of carbonyl (C=O) groups is 1. The third kappa shape index (κ3) is 3.36. The maximum absolute atomic E-state index is 12.4. The van der Waals surface area contributed by atoms with E-state index in [1.54, 1.807) is 7.11 Å². The second-order valence-electron chi connectivity index (χ2n) is 8.53. The van der Waals surface area contributed by atoms with Crippen LogP contribution in [0.2, 0.25) is 0 Å². The van der Waals surface area contributed by atoms with Gasteiger partial charge in [-0.05, 0) is 92.9 Å². The summed E-state index contributed by atoms with van der Waals surface area (Å²) in [6, 6.07) is 7.58. The van der Waals surface area contributed by atoms with Gasteiger partial charge in [0.05, 0.1) is 7.11 Å². The maximum atomic E-state index is 12.4. The van der Waals surface area contributed by atoms with Crippen LogP contribution >= 0.6 is 0 Å². The molecule has 1 aromatic rings. The Balaban J connectivity index is 1.31. The molecule has 4 heteroatoms. The molecule has 1 aromatic carbocycles. The van der Waals surface area contributed by atoms with Gasteiger partial charge in [0.2, 0.25) is 0 Å². The smallest absolute Gasteiger partial charge is 0.258 e. The predicted octanol–water partition coefficient (Wildman–Crippen LogP) is 3.80. The second kappa shape index (κ2) is 6.54. The average Bonchev–Trinajstić information content (AvgIpc) is 2.59. The first kappa shape index (κ1) is 16.7. The van der Waals surface area contributed by atoms with Crippen molar-refractivity contribution in [1.29, 1.82) is 0 Å². The van der Waals surface area contributed by atoms with Gasteiger partial charge in [-0.1, -0.05) is 0 Å². The zero-order chi connectivity index (χ0) is 17.4. The summed E-state index contributed by atoms with van der Waals surface area (Å²) in [6.45, 7) is 2.28. The van der Waals surface area contributed by atoms with E-state index in [9.17, 15) is 4.79 Å². The first-order chi connectivity index (χ1) is 12.1. The number of rotatable bonds is 6. The number of hydrogen-bond donors (Lipinski definition) is 1. The summed E-state index contributed by atoms with van der Waals surface area (Å²) in [5.74, 6) is 4.17. The van der Waals surface area contributed by atoms with Crippen LogP contribution in [-0.2, 0) is 4.79 Å². The van der Waals surface area contributed by atoms with Crippen molar-refractivity contribution in [3.63, 3.8) is 0 Å². The number of hydrogen-bond acceptors (Lipinski definition) is 3. The molecule has 4 aliphatic rings. The van der Waals surface area contributed by atoms with Crippen LogP contribution in [0.15, 0.2) is 24.3 Å². The molecule has 0 spiro atoms. The Labute approximate surface area is 150 Å². The molecule has 4 saturated carbocycles. The van der Waals surface area contributed by atoms with E-state index in [1.807, 2.05) is 24.3 Å². The summed E-state index contributed by atoms with van der Waals surface area (Å²) in [4.78, 5) is 12.4. The van der Waals surface area contributed by atoms with Crippen molar-refractivity contribution in [2.24, 2.45) is 23.2 Å².